The van der Waals surface area contributed by atoms with E-state index < -0.39 is 0 Å². The average molecular weight is 247 g/mol. The fraction of sp³-hybridized carbons (Fsp3) is 0.647. The lowest BCUT2D eigenvalue weighted by atomic mass is 9.90. The molecule has 0 spiro atoms. The summed E-state index contributed by atoms with van der Waals surface area (Å²) in [6.07, 6.45) is 10.9. The van der Waals surface area contributed by atoms with Crippen LogP contribution in [0.15, 0.2) is 24.3 Å². The molecule has 1 atom stereocenters. The monoisotopic (exact) mass is 247 g/mol. The van der Waals surface area contributed by atoms with Gasteiger partial charge >= 0.3 is 0 Å². The zero-order valence-electron chi connectivity index (χ0n) is 12.1. The third-order valence-corrected chi connectivity index (χ3v) is 3.81. The smallest absolute Gasteiger partial charge is 0.0314 e. The summed E-state index contributed by atoms with van der Waals surface area (Å²) in [5, 5.41) is 0. The van der Waals surface area contributed by atoms with Crippen LogP contribution >= 0.6 is 0 Å². The number of hydrogen-bond acceptors (Lipinski definition) is 1. The number of unbranched alkanes of at least 4 members (excludes halogenated alkanes) is 5. The van der Waals surface area contributed by atoms with E-state index in [2.05, 4.69) is 26.0 Å². The SMILES string of the molecule is CCCCCCCCC(CC)c1ccc(N)cc1. The minimum absolute atomic E-state index is 0.719. The average Bonchev–Trinajstić information content (AvgIpc) is 2.39. The second-order valence-electron chi connectivity index (χ2n) is 5.33. The molecule has 0 amide bonds. The minimum Gasteiger partial charge on any atom is -0.399 e. The van der Waals surface area contributed by atoms with Gasteiger partial charge in [0.1, 0.15) is 0 Å². The van der Waals surface area contributed by atoms with Gasteiger partial charge in [0.05, 0.1) is 0 Å². The van der Waals surface area contributed by atoms with Crippen molar-refractivity contribution in [2.75, 3.05) is 5.73 Å². The van der Waals surface area contributed by atoms with Gasteiger partial charge in [-0.15, -0.1) is 0 Å². The summed E-state index contributed by atoms with van der Waals surface area (Å²) < 4.78 is 0. The van der Waals surface area contributed by atoms with Crippen LogP contribution in [0.25, 0.3) is 0 Å². The van der Waals surface area contributed by atoms with Gasteiger partial charge in [0.2, 0.25) is 0 Å². The normalized spacial score (nSPS) is 12.6. The van der Waals surface area contributed by atoms with Crippen molar-refractivity contribution >= 4 is 5.69 Å². The fourth-order valence-electron chi connectivity index (χ4n) is 2.55. The predicted octanol–water partition coefficient (Wildman–Crippen LogP) is 5.51. The van der Waals surface area contributed by atoms with E-state index in [9.17, 15) is 0 Å². The fourth-order valence-corrected chi connectivity index (χ4v) is 2.55. The molecule has 1 aromatic carbocycles. The van der Waals surface area contributed by atoms with Gasteiger partial charge in [0.15, 0.2) is 0 Å². The third kappa shape index (κ3) is 5.57. The van der Waals surface area contributed by atoms with Gasteiger partial charge < -0.3 is 5.73 Å². The molecule has 0 radical (unpaired) electrons. The maximum atomic E-state index is 5.74. The highest BCUT2D eigenvalue weighted by atomic mass is 14.5. The number of hydrogen-bond donors (Lipinski definition) is 1. The van der Waals surface area contributed by atoms with E-state index in [0.29, 0.717) is 0 Å². The van der Waals surface area contributed by atoms with Gasteiger partial charge in [-0.2, -0.15) is 0 Å². The second-order valence-corrected chi connectivity index (χ2v) is 5.33. The maximum absolute atomic E-state index is 5.74. The number of benzene rings is 1. The van der Waals surface area contributed by atoms with Crippen molar-refractivity contribution in [3.8, 4) is 0 Å². The van der Waals surface area contributed by atoms with Crippen LogP contribution in [0.1, 0.15) is 76.7 Å². The lowest BCUT2D eigenvalue weighted by Gasteiger charge is -2.15. The number of anilines is 1. The van der Waals surface area contributed by atoms with Gasteiger partial charge in [0.25, 0.3) is 0 Å². The Hall–Kier alpha value is -0.980. The van der Waals surface area contributed by atoms with Crippen LogP contribution in [0.4, 0.5) is 5.69 Å². The summed E-state index contributed by atoms with van der Waals surface area (Å²) in [6, 6.07) is 8.44. The quantitative estimate of drug-likeness (QED) is 0.451. The lowest BCUT2D eigenvalue weighted by molar-refractivity contribution is 0.529. The molecule has 0 aliphatic carbocycles. The highest BCUT2D eigenvalue weighted by molar-refractivity contribution is 5.40. The van der Waals surface area contributed by atoms with E-state index in [1.54, 1.807) is 0 Å². The van der Waals surface area contributed by atoms with Gasteiger partial charge in [-0.25, -0.2) is 0 Å². The summed E-state index contributed by atoms with van der Waals surface area (Å²) in [4.78, 5) is 0. The molecule has 0 saturated carbocycles. The number of rotatable bonds is 9. The molecule has 0 aromatic heterocycles. The molecule has 1 nitrogen and oxygen atoms in total. The van der Waals surface area contributed by atoms with Gasteiger partial charge in [-0.3, -0.25) is 0 Å². The first kappa shape index (κ1) is 15.1. The van der Waals surface area contributed by atoms with Crippen LogP contribution in [-0.2, 0) is 0 Å². The molecule has 1 unspecified atom stereocenters. The molecule has 2 N–H and O–H groups in total. The van der Waals surface area contributed by atoms with Crippen molar-refractivity contribution < 1.29 is 0 Å². The van der Waals surface area contributed by atoms with Crippen LogP contribution in [0.3, 0.4) is 0 Å². The van der Waals surface area contributed by atoms with E-state index in [1.807, 2.05) is 12.1 Å². The highest BCUT2D eigenvalue weighted by Crippen LogP contribution is 2.26. The summed E-state index contributed by atoms with van der Waals surface area (Å²) in [6.45, 7) is 4.56. The molecular weight excluding hydrogens is 218 g/mol. The van der Waals surface area contributed by atoms with Crippen LogP contribution in [0.5, 0.6) is 0 Å². The summed E-state index contributed by atoms with van der Waals surface area (Å²) >= 11 is 0. The first-order valence-corrected chi connectivity index (χ1v) is 7.63. The van der Waals surface area contributed by atoms with Crippen molar-refractivity contribution in [2.45, 2.75) is 71.1 Å². The molecule has 0 bridgehead atoms. The van der Waals surface area contributed by atoms with Crippen molar-refractivity contribution in [2.24, 2.45) is 0 Å². The molecule has 1 heteroatoms. The van der Waals surface area contributed by atoms with E-state index in [1.165, 1.54) is 56.9 Å². The highest BCUT2D eigenvalue weighted by Gasteiger charge is 2.08. The number of nitrogen functional groups attached to an aromatic ring is 1. The largest absolute Gasteiger partial charge is 0.399 e. The lowest BCUT2D eigenvalue weighted by Crippen LogP contribution is -1.98. The van der Waals surface area contributed by atoms with Crippen molar-refractivity contribution in [1.29, 1.82) is 0 Å². The van der Waals surface area contributed by atoms with Gasteiger partial charge in [-0.1, -0.05) is 64.5 Å². The Morgan fingerprint density at radius 3 is 2.11 bits per heavy atom. The predicted molar refractivity (Wildman–Crippen MR) is 81.9 cm³/mol. The Morgan fingerprint density at radius 2 is 1.50 bits per heavy atom. The zero-order valence-corrected chi connectivity index (χ0v) is 12.1. The summed E-state index contributed by atoms with van der Waals surface area (Å²) in [5.41, 5.74) is 8.06. The Bertz CT molecular complexity index is 302. The van der Waals surface area contributed by atoms with Gasteiger partial charge in [-0.05, 0) is 36.5 Å². The first-order chi connectivity index (χ1) is 8.77. The molecule has 0 heterocycles. The molecule has 0 fully saturated rings. The second kappa shape index (κ2) is 9.02. The van der Waals surface area contributed by atoms with E-state index in [-0.39, 0.29) is 0 Å². The summed E-state index contributed by atoms with van der Waals surface area (Å²) in [5.74, 6) is 0.719. The van der Waals surface area contributed by atoms with Crippen LogP contribution < -0.4 is 5.73 Å². The van der Waals surface area contributed by atoms with Crippen molar-refractivity contribution in [3.63, 3.8) is 0 Å². The Balaban J connectivity index is 2.27. The molecular formula is C17H29N. The van der Waals surface area contributed by atoms with Crippen molar-refractivity contribution in [3.05, 3.63) is 29.8 Å². The topological polar surface area (TPSA) is 26.0 Å². The van der Waals surface area contributed by atoms with Crippen LogP contribution in [-0.4, -0.2) is 0 Å². The zero-order chi connectivity index (χ0) is 13.2. The Kier molecular flexibility index (Phi) is 7.55. The standard InChI is InChI=1S/C17H29N/c1-3-5-6-7-8-9-10-15(4-2)16-11-13-17(18)14-12-16/h11-15H,3-10,18H2,1-2H3. The molecule has 0 aliphatic rings. The van der Waals surface area contributed by atoms with E-state index in [0.717, 1.165) is 11.6 Å². The summed E-state index contributed by atoms with van der Waals surface area (Å²) in [7, 11) is 0. The maximum Gasteiger partial charge on any atom is 0.0314 e. The van der Waals surface area contributed by atoms with Crippen LogP contribution in [0.2, 0.25) is 0 Å². The van der Waals surface area contributed by atoms with Gasteiger partial charge in [0, 0.05) is 5.69 Å². The van der Waals surface area contributed by atoms with E-state index >= 15 is 0 Å². The molecule has 1 rings (SSSR count). The molecule has 18 heavy (non-hydrogen) atoms. The molecule has 0 saturated heterocycles. The van der Waals surface area contributed by atoms with Crippen LogP contribution in [0, 0.1) is 0 Å². The van der Waals surface area contributed by atoms with Crippen molar-refractivity contribution in [1.82, 2.24) is 0 Å². The number of nitrogens with two attached hydrogens (primary N) is 1. The Labute approximate surface area is 113 Å². The Morgan fingerprint density at radius 1 is 0.889 bits per heavy atom. The minimum atomic E-state index is 0.719. The third-order valence-electron chi connectivity index (χ3n) is 3.81. The molecule has 1 aromatic rings. The van der Waals surface area contributed by atoms with E-state index in [4.69, 9.17) is 5.73 Å². The molecule has 0 aliphatic heterocycles. The molecule has 102 valence electrons. The first-order valence-electron chi connectivity index (χ1n) is 7.63.